The van der Waals surface area contributed by atoms with E-state index in [1.54, 1.807) is 25.3 Å². The first-order valence-corrected chi connectivity index (χ1v) is 12.4. The van der Waals surface area contributed by atoms with E-state index in [1.807, 2.05) is 31.2 Å². The molecule has 2 aliphatic rings. The number of rotatable bonds is 10. The molecule has 0 saturated carbocycles. The number of nitrogens with zero attached hydrogens (tertiary/aromatic N) is 3. The van der Waals surface area contributed by atoms with E-state index in [0.29, 0.717) is 33.7 Å². The van der Waals surface area contributed by atoms with Crippen molar-refractivity contribution in [1.29, 1.82) is 5.41 Å². The minimum absolute atomic E-state index is 0.0347. The highest BCUT2D eigenvalue weighted by molar-refractivity contribution is 8.26. The van der Waals surface area contributed by atoms with Gasteiger partial charge in [-0.1, -0.05) is 30.7 Å². The van der Waals surface area contributed by atoms with Gasteiger partial charge in [0.25, 0.3) is 5.91 Å². The molecular formula is C25H25ClN4O5S. The van der Waals surface area contributed by atoms with Gasteiger partial charge in [0.2, 0.25) is 5.17 Å². The minimum Gasteiger partial charge on any atom is -0.493 e. The number of carbonyl (C=O) groups excluding carboxylic acids is 1. The Hall–Kier alpha value is -3.50. The molecule has 36 heavy (non-hydrogen) atoms. The fourth-order valence-corrected chi connectivity index (χ4v) is 4.77. The van der Waals surface area contributed by atoms with Crippen molar-refractivity contribution in [2.75, 3.05) is 27.4 Å². The average Bonchev–Trinajstić information content (AvgIpc) is 3.28. The summed E-state index contributed by atoms with van der Waals surface area (Å²) in [5.41, 5.74) is 0.670. The first-order chi connectivity index (χ1) is 17.4. The summed E-state index contributed by atoms with van der Waals surface area (Å²) < 4.78 is 22.3. The van der Waals surface area contributed by atoms with Gasteiger partial charge >= 0.3 is 0 Å². The molecule has 2 aromatic carbocycles. The maximum absolute atomic E-state index is 12.7. The van der Waals surface area contributed by atoms with Crippen molar-refractivity contribution in [2.24, 2.45) is 10.1 Å². The number of para-hydroxylation sites is 2. The number of amidine groups is 2. The van der Waals surface area contributed by atoms with Crippen LogP contribution in [0.15, 0.2) is 52.1 Å². The van der Waals surface area contributed by atoms with Gasteiger partial charge in [0.05, 0.1) is 24.8 Å². The van der Waals surface area contributed by atoms with Crippen LogP contribution in [0.2, 0.25) is 5.02 Å². The summed E-state index contributed by atoms with van der Waals surface area (Å²) in [6.07, 6.45) is 3.22. The van der Waals surface area contributed by atoms with Crippen molar-refractivity contribution >= 4 is 51.4 Å². The second-order valence-corrected chi connectivity index (χ2v) is 9.09. The topological polar surface area (TPSA) is 106 Å². The number of hydrogen-bond donors (Lipinski definition) is 1. The van der Waals surface area contributed by atoms with Crippen LogP contribution in [-0.4, -0.2) is 54.4 Å². The Morgan fingerprint density at radius 1 is 1.08 bits per heavy atom. The quantitative estimate of drug-likeness (QED) is 0.332. The third-order valence-electron chi connectivity index (χ3n) is 5.18. The van der Waals surface area contributed by atoms with Crippen LogP contribution in [-0.2, 0) is 4.79 Å². The van der Waals surface area contributed by atoms with Crippen LogP contribution >= 0.6 is 23.4 Å². The van der Waals surface area contributed by atoms with E-state index in [0.717, 1.165) is 17.9 Å². The molecule has 0 bridgehead atoms. The van der Waals surface area contributed by atoms with Crippen molar-refractivity contribution in [3.63, 3.8) is 0 Å². The van der Waals surface area contributed by atoms with E-state index in [4.69, 9.17) is 36.0 Å². The van der Waals surface area contributed by atoms with Gasteiger partial charge in [0.1, 0.15) is 18.3 Å². The lowest BCUT2D eigenvalue weighted by Gasteiger charge is -2.20. The number of amides is 1. The zero-order chi connectivity index (χ0) is 25.7. The van der Waals surface area contributed by atoms with Crippen LogP contribution in [0.1, 0.15) is 25.3 Å². The number of fused-ring (bicyclic) bond motifs is 1. The molecule has 0 radical (unpaired) electrons. The maximum atomic E-state index is 12.7. The first-order valence-electron chi connectivity index (χ1n) is 11.2. The van der Waals surface area contributed by atoms with E-state index in [2.05, 4.69) is 10.1 Å². The SMILES string of the molecule is CCCC1=NN2C(=N)C(=Cc3cc(Cl)c(OCCOc4ccccc4OC)c(OC)c3)C(=O)N=C2S1. The molecule has 0 unspecified atom stereocenters. The number of halogens is 1. The summed E-state index contributed by atoms with van der Waals surface area (Å²) >= 11 is 7.81. The molecule has 0 aromatic heterocycles. The summed E-state index contributed by atoms with van der Waals surface area (Å²) in [5.74, 6) is 1.43. The maximum Gasteiger partial charge on any atom is 0.283 e. The molecule has 0 spiro atoms. The number of hydrogen-bond acceptors (Lipinski definition) is 8. The number of ether oxygens (including phenoxy) is 4. The Kier molecular flexibility index (Phi) is 8.17. The number of nitrogens with one attached hydrogen (secondary N) is 1. The number of benzene rings is 2. The highest BCUT2D eigenvalue weighted by Gasteiger charge is 2.35. The highest BCUT2D eigenvalue weighted by Crippen LogP contribution is 2.38. The van der Waals surface area contributed by atoms with Gasteiger partial charge < -0.3 is 18.9 Å². The van der Waals surface area contributed by atoms with Crippen molar-refractivity contribution in [1.82, 2.24) is 5.01 Å². The van der Waals surface area contributed by atoms with Crippen LogP contribution in [0.5, 0.6) is 23.0 Å². The average molecular weight is 529 g/mol. The van der Waals surface area contributed by atoms with E-state index >= 15 is 0 Å². The predicted octanol–water partition coefficient (Wildman–Crippen LogP) is 5.23. The Morgan fingerprint density at radius 2 is 1.81 bits per heavy atom. The monoisotopic (exact) mass is 528 g/mol. The normalized spacial score (nSPS) is 16.0. The summed E-state index contributed by atoms with van der Waals surface area (Å²) in [6, 6.07) is 10.7. The van der Waals surface area contributed by atoms with E-state index < -0.39 is 5.91 Å². The smallest absolute Gasteiger partial charge is 0.283 e. The molecular weight excluding hydrogens is 504 g/mol. The molecule has 0 fully saturated rings. The Labute approximate surface area is 218 Å². The molecule has 1 amide bonds. The lowest BCUT2D eigenvalue weighted by atomic mass is 10.1. The second-order valence-electron chi connectivity index (χ2n) is 7.65. The highest BCUT2D eigenvalue weighted by atomic mass is 35.5. The number of methoxy groups -OCH3 is 2. The number of carbonyl (C=O) groups is 1. The molecule has 9 nitrogen and oxygen atoms in total. The largest absolute Gasteiger partial charge is 0.493 e. The molecule has 0 aliphatic carbocycles. The summed E-state index contributed by atoms with van der Waals surface area (Å²) in [4.78, 5) is 16.8. The Balaban J connectivity index is 1.48. The van der Waals surface area contributed by atoms with Gasteiger partial charge in [0, 0.05) is 0 Å². The van der Waals surface area contributed by atoms with E-state index in [9.17, 15) is 4.79 Å². The summed E-state index contributed by atoms with van der Waals surface area (Å²) in [6.45, 7) is 2.51. The fraction of sp³-hybridized carbons (Fsp3) is 0.280. The molecule has 4 rings (SSSR count). The molecule has 188 valence electrons. The number of aliphatic imine (C=N–C) groups is 1. The predicted molar refractivity (Wildman–Crippen MR) is 142 cm³/mol. The number of thioether (sulfide) groups is 1. The van der Waals surface area contributed by atoms with Crippen LogP contribution in [0, 0.1) is 5.41 Å². The van der Waals surface area contributed by atoms with E-state index in [1.165, 1.54) is 23.9 Å². The van der Waals surface area contributed by atoms with Crippen molar-refractivity contribution < 1.29 is 23.7 Å². The Bertz CT molecular complexity index is 1280. The van der Waals surface area contributed by atoms with E-state index in [-0.39, 0.29) is 29.6 Å². The third-order valence-corrected chi connectivity index (χ3v) is 6.43. The molecule has 0 saturated heterocycles. The first kappa shape index (κ1) is 25.6. The fourth-order valence-electron chi connectivity index (χ4n) is 3.51. The number of hydrazone groups is 1. The zero-order valence-corrected chi connectivity index (χ0v) is 21.6. The van der Waals surface area contributed by atoms with Crippen molar-refractivity contribution in [2.45, 2.75) is 19.8 Å². The summed E-state index contributed by atoms with van der Waals surface area (Å²) in [5, 5.41) is 15.8. The van der Waals surface area contributed by atoms with Crippen LogP contribution in [0.3, 0.4) is 0 Å². The molecule has 2 aliphatic heterocycles. The van der Waals surface area contributed by atoms with Crippen LogP contribution < -0.4 is 18.9 Å². The summed E-state index contributed by atoms with van der Waals surface area (Å²) in [7, 11) is 3.07. The molecule has 11 heteroatoms. The van der Waals surface area contributed by atoms with Gasteiger partial charge in [-0.3, -0.25) is 10.2 Å². The van der Waals surface area contributed by atoms with Gasteiger partial charge in [0.15, 0.2) is 28.8 Å². The molecule has 2 aromatic rings. The van der Waals surface area contributed by atoms with Crippen molar-refractivity contribution in [3.8, 4) is 23.0 Å². The minimum atomic E-state index is -0.504. The Morgan fingerprint density at radius 3 is 2.53 bits per heavy atom. The zero-order valence-electron chi connectivity index (χ0n) is 20.0. The van der Waals surface area contributed by atoms with Crippen molar-refractivity contribution in [3.05, 3.63) is 52.6 Å². The van der Waals surface area contributed by atoms with Gasteiger partial charge in [-0.05, 0) is 60.5 Å². The molecule has 1 N–H and O–H groups in total. The lowest BCUT2D eigenvalue weighted by molar-refractivity contribution is -0.114. The lowest BCUT2D eigenvalue weighted by Crippen LogP contribution is -2.35. The molecule has 2 heterocycles. The van der Waals surface area contributed by atoms with Crippen LogP contribution in [0.25, 0.3) is 6.08 Å². The molecule has 0 atom stereocenters. The van der Waals surface area contributed by atoms with Gasteiger partial charge in [-0.25, -0.2) is 0 Å². The van der Waals surface area contributed by atoms with Gasteiger partial charge in [-0.15, -0.1) is 0 Å². The standard InChI is InChI=1S/C25H25ClN4O5S/c1-4-7-21-29-30-23(27)16(24(31)28-25(30)36-21)12-15-13-17(26)22(20(14-15)33-3)35-11-10-34-19-9-6-5-8-18(19)32-2/h5-6,8-9,12-14,27H,4,7,10-11H2,1-3H3. The second kappa shape index (κ2) is 11.5. The van der Waals surface area contributed by atoms with Crippen LogP contribution in [0.4, 0.5) is 0 Å². The van der Waals surface area contributed by atoms with Gasteiger partial charge in [-0.2, -0.15) is 15.1 Å². The third kappa shape index (κ3) is 5.50.